The molecule has 1 amide bonds. The Morgan fingerprint density at radius 2 is 1.94 bits per heavy atom. The van der Waals surface area contributed by atoms with E-state index in [1.807, 2.05) is 30.3 Å². The van der Waals surface area contributed by atoms with Crippen molar-refractivity contribution in [2.45, 2.75) is 69.7 Å². The van der Waals surface area contributed by atoms with Gasteiger partial charge in [-0.1, -0.05) is 30.3 Å². The number of benzene rings is 1. The van der Waals surface area contributed by atoms with Crippen LogP contribution in [0.5, 0.6) is 0 Å². The molecule has 2 aliphatic heterocycles. The number of amides is 1. The van der Waals surface area contributed by atoms with E-state index in [2.05, 4.69) is 5.32 Å². The van der Waals surface area contributed by atoms with Crippen molar-refractivity contribution in [2.75, 3.05) is 13.2 Å². The van der Waals surface area contributed by atoms with E-state index in [1.165, 1.54) is 4.90 Å². The average molecular weight is 433 g/mol. The molecule has 1 unspecified atom stereocenters. The SMILES string of the molecule is C[C@H](NC(CCc1ccccc1)C(=O)O)C(=O)N1C[C@H]([C@@H]2CCCCO2)C[C@H]1C(=O)O. The fourth-order valence-electron chi connectivity index (χ4n) is 4.61. The lowest BCUT2D eigenvalue weighted by molar-refractivity contribution is -0.149. The minimum atomic E-state index is -1.03. The van der Waals surface area contributed by atoms with Gasteiger partial charge in [-0.05, 0) is 51.0 Å². The third kappa shape index (κ3) is 6.04. The van der Waals surface area contributed by atoms with Crippen molar-refractivity contribution < 1.29 is 29.3 Å². The fraction of sp³-hybridized carbons (Fsp3) is 0.609. The summed E-state index contributed by atoms with van der Waals surface area (Å²) in [6.07, 6.45) is 4.18. The number of rotatable bonds is 9. The molecule has 0 aliphatic carbocycles. The Hall–Kier alpha value is -2.45. The minimum absolute atomic E-state index is 0.00842. The lowest BCUT2D eigenvalue weighted by atomic mass is 9.93. The van der Waals surface area contributed by atoms with Gasteiger partial charge in [0.2, 0.25) is 5.91 Å². The molecule has 2 heterocycles. The highest BCUT2D eigenvalue weighted by atomic mass is 16.5. The summed E-state index contributed by atoms with van der Waals surface area (Å²) in [5.41, 5.74) is 1.02. The van der Waals surface area contributed by atoms with E-state index < -0.39 is 30.1 Å². The summed E-state index contributed by atoms with van der Waals surface area (Å²) in [6, 6.07) is 6.96. The van der Waals surface area contributed by atoms with Gasteiger partial charge in [-0.2, -0.15) is 0 Å². The monoisotopic (exact) mass is 432 g/mol. The largest absolute Gasteiger partial charge is 0.480 e. The number of nitrogens with one attached hydrogen (secondary N) is 1. The molecular weight excluding hydrogens is 400 g/mol. The highest BCUT2D eigenvalue weighted by Crippen LogP contribution is 2.32. The van der Waals surface area contributed by atoms with Crippen molar-refractivity contribution in [3.8, 4) is 0 Å². The number of carboxylic acids is 2. The summed E-state index contributed by atoms with van der Waals surface area (Å²) < 4.78 is 5.82. The molecule has 8 heteroatoms. The van der Waals surface area contributed by atoms with Crippen molar-refractivity contribution in [1.82, 2.24) is 10.2 Å². The molecule has 0 radical (unpaired) electrons. The number of aliphatic carboxylic acids is 2. The smallest absolute Gasteiger partial charge is 0.326 e. The zero-order valence-electron chi connectivity index (χ0n) is 17.9. The molecule has 1 aromatic rings. The van der Waals surface area contributed by atoms with E-state index in [9.17, 15) is 24.6 Å². The molecule has 0 bridgehead atoms. The van der Waals surface area contributed by atoms with E-state index in [0.29, 0.717) is 32.4 Å². The Morgan fingerprint density at radius 3 is 2.55 bits per heavy atom. The van der Waals surface area contributed by atoms with E-state index in [-0.39, 0.29) is 17.9 Å². The van der Waals surface area contributed by atoms with Crippen molar-refractivity contribution in [2.24, 2.45) is 5.92 Å². The Morgan fingerprint density at radius 1 is 1.19 bits per heavy atom. The molecule has 2 aliphatic rings. The van der Waals surface area contributed by atoms with Crippen LogP contribution in [0.2, 0.25) is 0 Å². The van der Waals surface area contributed by atoms with Crippen LogP contribution in [0.3, 0.4) is 0 Å². The molecule has 0 saturated carbocycles. The Labute approximate surface area is 182 Å². The summed E-state index contributed by atoms with van der Waals surface area (Å²) in [5, 5.41) is 22.2. The number of nitrogens with zero attached hydrogens (tertiary/aromatic N) is 1. The molecule has 3 rings (SSSR count). The highest BCUT2D eigenvalue weighted by Gasteiger charge is 2.44. The van der Waals surface area contributed by atoms with Gasteiger partial charge in [-0.25, -0.2) is 4.79 Å². The van der Waals surface area contributed by atoms with E-state index in [4.69, 9.17) is 4.74 Å². The third-order valence-electron chi connectivity index (χ3n) is 6.33. The van der Waals surface area contributed by atoms with Crippen LogP contribution in [0, 0.1) is 5.92 Å². The van der Waals surface area contributed by atoms with Crippen LogP contribution in [-0.4, -0.2) is 70.3 Å². The second-order valence-corrected chi connectivity index (χ2v) is 8.55. The summed E-state index contributed by atoms with van der Waals surface area (Å²) in [6.45, 7) is 2.60. The van der Waals surface area contributed by atoms with Crippen LogP contribution < -0.4 is 5.32 Å². The first-order chi connectivity index (χ1) is 14.9. The van der Waals surface area contributed by atoms with Gasteiger partial charge in [0.25, 0.3) is 0 Å². The zero-order valence-corrected chi connectivity index (χ0v) is 17.9. The average Bonchev–Trinajstić information content (AvgIpc) is 3.23. The van der Waals surface area contributed by atoms with Crippen molar-refractivity contribution in [3.05, 3.63) is 35.9 Å². The van der Waals surface area contributed by atoms with Crippen molar-refractivity contribution in [3.63, 3.8) is 0 Å². The molecule has 3 N–H and O–H groups in total. The lowest BCUT2D eigenvalue weighted by Gasteiger charge is -2.29. The maximum Gasteiger partial charge on any atom is 0.326 e. The normalized spacial score (nSPS) is 25.7. The summed E-state index contributed by atoms with van der Waals surface area (Å²) in [5.74, 6) is -2.44. The first kappa shape index (κ1) is 23.2. The zero-order chi connectivity index (χ0) is 22.4. The van der Waals surface area contributed by atoms with Crippen LogP contribution in [0.1, 0.15) is 44.6 Å². The number of carbonyl (C=O) groups excluding carboxylic acids is 1. The van der Waals surface area contributed by atoms with Gasteiger partial charge < -0.3 is 19.8 Å². The van der Waals surface area contributed by atoms with Gasteiger partial charge >= 0.3 is 11.9 Å². The lowest BCUT2D eigenvalue weighted by Crippen LogP contribution is -2.53. The van der Waals surface area contributed by atoms with E-state index in [1.54, 1.807) is 6.92 Å². The standard InChI is InChI=1S/C23H32N2O6/c1-15(24-18(22(27)28)11-10-16-7-3-2-4-8-16)21(26)25-14-17(13-19(25)23(29)30)20-9-5-6-12-31-20/h2-4,7-8,15,17-20,24H,5-6,9-14H2,1H3,(H,27,28)(H,29,30)/t15-,17+,18?,19-,20-/m0/s1. The molecule has 0 aromatic heterocycles. The van der Waals surface area contributed by atoms with E-state index >= 15 is 0 Å². The third-order valence-corrected chi connectivity index (χ3v) is 6.33. The van der Waals surface area contributed by atoms with Crippen LogP contribution in [0.4, 0.5) is 0 Å². The maximum atomic E-state index is 13.1. The van der Waals surface area contributed by atoms with Crippen LogP contribution >= 0.6 is 0 Å². The van der Waals surface area contributed by atoms with Crippen LogP contribution in [0.15, 0.2) is 30.3 Å². The molecule has 0 spiro atoms. The van der Waals surface area contributed by atoms with Gasteiger partial charge in [0.15, 0.2) is 0 Å². The summed E-state index contributed by atoms with van der Waals surface area (Å²) in [4.78, 5) is 38.0. The predicted octanol–water partition coefficient (Wildman–Crippen LogP) is 1.92. The fourth-order valence-corrected chi connectivity index (χ4v) is 4.61. The van der Waals surface area contributed by atoms with Gasteiger partial charge in [0.05, 0.1) is 12.1 Å². The van der Waals surface area contributed by atoms with Gasteiger partial charge in [-0.3, -0.25) is 14.9 Å². The van der Waals surface area contributed by atoms with Crippen molar-refractivity contribution in [1.29, 1.82) is 0 Å². The number of hydrogen-bond acceptors (Lipinski definition) is 5. The Bertz CT molecular complexity index is 765. The molecule has 2 saturated heterocycles. The first-order valence-electron chi connectivity index (χ1n) is 11.0. The molecule has 2 fully saturated rings. The summed E-state index contributed by atoms with van der Waals surface area (Å²) in [7, 11) is 0. The number of carboxylic acid groups (broad SMARTS) is 2. The molecular formula is C23H32N2O6. The minimum Gasteiger partial charge on any atom is -0.480 e. The Balaban J connectivity index is 1.61. The van der Waals surface area contributed by atoms with Gasteiger partial charge in [-0.15, -0.1) is 0 Å². The van der Waals surface area contributed by atoms with Gasteiger partial charge in [0, 0.05) is 19.1 Å². The molecule has 5 atom stereocenters. The number of hydrogen-bond donors (Lipinski definition) is 3. The second kappa shape index (κ2) is 10.7. The second-order valence-electron chi connectivity index (χ2n) is 8.55. The predicted molar refractivity (Wildman–Crippen MR) is 114 cm³/mol. The van der Waals surface area contributed by atoms with Crippen LogP contribution in [0.25, 0.3) is 0 Å². The van der Waals surface area contributed by atoms with E-state index in [0.717, 1.165) is 24.8 Å². The molecule has 8 nitrogen and oxygen atoms in total. The summed E-state index contributed by atoms with van der Waals surface area (Å²) >= 11 is 0. The quantitative estimate of drug-likeness (QED) is 0.546. The molecule has 31 heavy (non-hydrogen) atoms. The molecule has 1 aromatic carbocycles. The Kier molecular flexibility index (Phi) is 8.03. The topological polar surface area (TPSA) is 116 Å². The first-order valence-corrected chi connectivity index (χ1v) is 11.0. The van der Waals surface area contributed by atoms with Crippen molar-refractivity contribution >= 4 is 17.8 Å². The number of likely N-dealkylation sites (tertiary alicyclic amines) is 1. The number of carbonyl (C=O) groups is 3. The van der Waals surface area contributed by atoms with Crippen LogP contribution in [-0.2, 0) is 25.5 Å². The highest BCUT2D eigenvalue weighted by molar-refractivity contribution is 5.88. The van der Waals surface area contributed by atoms with Gasteiger partial charge in [0.1, 0.15) is 12.1 Å². The molecule has 170 valence electrons. The maximum absolute atomic E-state index is 13.1. The number of ether oxygens (including phenoxy) is 1. The number of aryl methyl sites for hydroxylation is 1.